The van der Waals surface area contributed by atoms with Gasteiger partial charge in [-0.1, -0.05) is 0 Å². The molecule has 2 rings (SSSR count). The second kappa shape index (κ2) is 4.79. The minimum atomic E-state index is -0.759. The summed E-state index contributed by atoms with van der Waals surface area (Å²) in [6, 6.07) is 0. The van der Waals surface area contributed by atoms with Gasteiger partial charge in [0.25, 0.3) is 0 Å². The molecule has 0 amide bonds. The Hall–Kier alpha value is -0.240. The van der Waals surface area contributed by atoms with E-state index in [0.717, 1.165) is 0 Å². The van der Waals surface area contributed by atoms with Gasteiger partial charge in [-0.2, -0.15) is 0 Å². The Morgan fingerprint density at radius 2 is 1.88 bits per heavy atom. The molecular formula is C11H20O6. The van der Waals surface area contributed by atoms with Crippen molar-refractivity contribution in [2.45, 2.75) is 50.3 Å². The monoisotopic (exact) mass is 248 g/mol. The predicted molar refractivity (Wildman–Crippen MR) is 57.4 cm³/mol. The van der Waals surface area contributed by atoms with E-state index in [1.807, 2.05) is 13.8 Å². The van der Waals surface area contributed by atoms with Crippen molar-refractivity contribution in [3.05, 3.63) is 0 Å². The van der Waals surface area contributed by atoms with Crippen molar-refractivity contribution in [2.24, 2.45) is 0 Å². The summed E-state index contributed by atoms with van der Waals surface area (Å²) in [6.07, 6.45) is -2.42. The number of ether oxygens (including phenoxy) is 5. The summed E-state index contributed by atoms with van der Waals surface area (Å²) in [5.74, 6) is -0.680. The van der Waals surface area contributed by atoms with E-state index in [0.29, 0.717) is 0 Å². The van der Waals surface area contributed by atoms with Crippen molar-refractivity contribution in [1.82, 2.24) is 0 Å². The molecule has 17 heavy (non-hydrogen) atoms. The van der Waals surface area contributed by atoms with Gasteiger partial charge < -0.3 is 28.8 Å². The summed E-state index contributed by atoms with van der Waals surface area (Å²) in [6.45, 7) is 3.85. The molecule has 0 spiro atoms. The first-order chi connectivity index (χ1) is 7.98. The molecule has 1 N–H and O–H groups in total. The Bertz CT molecular complexity index is 269. The van der Waals surface area contributed by atoms with Gasteiger partial charge in [0.15, 0.2) is 12.1 Å². The first-order valence-corrected chi connectivity index (χ1v) is 5.69. The van der Waals surface area contributed by atoms with Crippen molar-refractivity contribution in [3.63, 3.8) is 0 Å². The van der Waals surface area contributed by atoms with Crippen LogP contribution in [-0.4, -0.2) is 62.4 Å². The first kappa shape index (κ1) is 13.2. The summed E-state index contributed by atoms with van der Waals surface area (Å²) < 4.78 is 27.2. The minimum Gasteiger partial charge on any atom is -0.388 e. The fraction of sp³-hybridized carbons (Fsp3) is 1.00. The van der Waals surface area contributed by atoms with Gasteiger partial charge in [0.2, 0.25) is 0 Å². The lowest BCUT2D eigenvalue weighted by Gasteiger charge is -2.25. The van der Waals surface area contributed by atoms with E-state index in [1.54, 1.807) is 7.11 Å². The fourth-order valence-electron chi connectivity index (χ4n) is 2.36. The number of methoxy groups -OCH3 is 2. The maximum atomic E-state index is 9.94. The first-order valence-electron chi connectivity index (χ1n) is 5.69. The molecule has 0 saturated carbocycles. The smallest absolute Gasteiger partial charge is 0.186 e. The number of hydrogen-bond donors (Lipinski definition) is 1. The fourth-order valence-corrected chi connectivity index (χ4v) is 2.36. The number of rotatable bonds is 4. The van der Waals surface area contributed by atoms with E-state index < -0.39 is 24.3 Å². The molecule has 0 aromatic rings. The molecule has 0 bridgehead atoms. The van der Waals surface area contributed by atoms with Gasteiger partial charge in [0, 0.05) is 14.2 Å². The highest BCUT2D eigenvalue weighted by atomic mass is 16.8. The highest BCUT2D eigenvalue weighted by Gasteiger charge is 2.57. The highest BCUT2D eigenvalue weighted by molar-refractivity contribution is 4.97. The molecule has 5 atom stereocenters. The number of aliphatic hydroxyl groups is 1. The van der Waals surface area contributed by atoms with Crippen LogP contribution < -0.4 is 0 Å². The van der Waals surface area contributed by atoms with Gasteiger partial charge >= 0.3 is 0 Å². The molecule has 0 unspecified atom stereocenters. The average Bonchev–Trinajstić information content (AvgIpc) is 2.71. The van der Waals surface area contributed by atoms with Gasteiger partial charge in [-0.3, -0.25) is 0 Å². The molecule has 2 fully saturated rings. The Labute approximate surface area is 101 Å². The van der Waals surface area contributed by atoms with Crippen LogP contribution in [0.15, 0.2) is 0 Å². The van der Waals surface area contributed by atoms with Crippen LogP contribution in [0.4, 0.5) is 0 Å². The van der Waals surface area contributed by atoms with Gasteiger partial charge in [-0.05, 0) is 13.8 Å². The second-order valence-corrected chi connectivity index (χ2v) is 4.79. The SMILES string of the molecule is COC[C@H](O)[C@H]1O[C@H](OC)[C@H]2OC(C)(C)O[C@H]21. The Morgan fingerprint density at radius 3 is 2.47 bits per heavy atom. The van der Waals surface area contributed by atoms with Crippen LogP contribution in [0.1, 0.15) is 13.8 Å². The third-order valence-electron chi connectivity index (χ3n) is 3.00. The van der Waals surface area contributed by atoms with E-state index in [1.165, 1.54) is 7.11 Å². The van der Waals surface area contributed by atoms with E-state index in [2.05, 4.69) is 0 Å². The quantitative estimate of drug-likeness (QED) is 0.748. The van der Waals surface area contributed by atoms with Crippen LogP contribution in [0.2, 0.25) is 0 Å². The van der Waals surface area contributed by atoms with Crippen molar-refractivity contribution in [1.29, 1.82) is 0 Å². The molecular weight excluding hydrogens is 228 g/mol. The van der Waals surface area contributed by atoms with Gasteiger partial charge in [0.05, 0.1) is 6.61 Å². The molecule has 6 heteroatoms. The van der Waals surface area contributed by atoms with Crippen molar-refractivity contribution < 1.29 is 28.8 Å². The van der Waals surface area contributed by atoms with Crippen molar-refractivity contribution in [2.75, 3.05) is 20.8 Å². The minimum absolute atomic E-state index is 0.189. The van der Waals surface area contributed by atoms with Gasteiger partial charge in [-0.25, -0.2) is 0 Å². The molecule has 2 aliphatic heterocycles. The van der Waals surface area contributed by atoms with Crippen LogP contribution in [0.25, 0.3) is 0 Å². The molecule has 2 heterocycles. The molecule has 0 aromatic carbocycles. The molecule has 0 radical (unpaired) electrons. The topological polar surface area (TPSA) is 66.4 Å². The normalized spacial score (nSPS) is 41.5. The van der Waals surface area contributed by atoms with Crippen molar-refractivity contribution >= 4 is 0 Å². The molecule has 100 valence electrons. The maximum absolute atomic E-state index is 9.94. The molecule has 0 aliphatic carbocycles. The molecule has 6 nitrogen and oxygen atoms in total. The van der Waals surface area contributed by atoms with Crippen LogP contribution in [-0.2, 0) is 23.7 Å². The Morgan fingerprint density at radius 1 is 1.24 bits per heavy atom. The van der Waals surface area contributed by atoms with E-state index in [-0.39, 0.29) is 18.8 Å². The van der Waals surface area contributed by atoms with Crippen molar-refractivity contribution in [3.8, 4) is 0 Å². The lowest BCUT2D eigenvalue weighted by molar-refractivity contribution is -0.238. The maximum Gasteiger partial charge on any atom is 0.186 e. The van der Waals surface area contributed by atoms with E-state index in [9.17, 15) is 5.11 Å². The number of fused-ring (bicyclic) bond motifs is 1. The van der Waals surface area contributed by atoms with Gasteiger partial charge in [-0.15, -0.1) is 0 Å². The highest BCUT2D eigenvalue weighted by Crippen LogP contribution is 2.39. The largest absolute Gasteiger partial charge is 0.388 e. The predicted octanol–water partition coefficient (Wildman–Crippen LogP) is -0.115. The van der Waals surface area contributed by atoms with Gasteiger partial charge in [0.1, 0.15) is 24.4 Å². The summed E-state index contributed by atoms with van der Waals surface area (Å²) >= 11 is 0. The lowest BCUT2D eigenvalue weighted by atomic mass is 10.1. The zero-order valence-electron chi connectivity index (χ0n) is 10.6. The summed E-state index contributed by atoms with van der Waals surface area (Å²) in [5.41, 5.74) is 0. The second-order valence-electron chi connectivity index (χ2n) is 4.79. The summed E-state index contributed by atoms with van der Waals surface area (Å²) in [4.78, 5) is 0. The Balaban J connectivity index is 2.09. The standard InChI is InChI=1S/C11H20O6/c1-11(2)16-8-7(6(12)5-13-3)15-10(14-4)9(8)17-11/h6-10,12H,5H2,1-4H3/t6-,7+,8-,9-,10-/m0/s1. The van der Waals surface area contributed by atoms with Crippen LogP contribution in [0.3, 0.4) is 0 Å². The van der Waals surface area contributed by atoms with Crippen LogP contribution in [0.5, 0.6) is 0 Å². The lowest BCUT2D eigenvalue weighted by Crippen LogP contribution is -2.40. The third-order valence-corrected chi connectivity index (χ3v) is 3.00. The Kier molecular flexibility index (Phi) is 3.72. The number of aliphatic hydroxyl groups excluding tert-OH is 1. The number of hydrogen-bond acceptors (Lipinski definition) is 6. The van der Waals surface area contributed by atoms with Crippen LogP contribution in [0, 0.1) is 0 Å². The molecule has 0 aromatic heterocycles. The molecule has 2 aliphatic rings. The third kappa shape index (κ3) is 2.47. The zero-order valence-corrected chi connectivity index (χ0v) is 10.6. The van der Waals surface area contributed by atoms with E-state index in [4.69, 9.17) is 23.7 Å². The van der Waals surface area contributed by atoms with E-state index >= 15 is 0 Å². The zero-order chi connectivity index (χ0) is 12.6. The summed E-state index contributed by atoms with van der Waals surface area (Å²) in [7, 11) is 3.07. The van der Waals surface area contributed by atoms with Crippen LogP contribution >= 0.6 is 0 Å². The average molecular weight is 248 g/mol. The molecule has 2 saturated heterocycles. The summed E-state index contributed by atoms with van der Waals surface area (Å²) in [5, 5.41) is 9.94.